The zero-order valence-electron chi connectivity index (χ0n) is 23.1. The van der Waals surface area contributed by atoms with E-state index in [9.17, 15) is 14.7 Å². The zero-order chi connectivity index (χ0) is 28.2. The fourth-order valence-electron chi connectivity index (χ4n) is 6.09. The number of aromatic nitrogens is 2. The second-order valence-electron chi connectivity index (χ2n) is 11.0. The Morgan fingerprint density at radius 1 is 0.902 bits per heavy atom. The molecule has 4 aromatic rings. The van der Waals surface area contributed by atoms with Crippen LogP contribution in [0.5, 0.6) is 5.75 Å². The van der Waals surface area contributed by atoms with Gasteiger partial charge in [0, 0.05) is 18.2 Å². The second-order valence-corrected chi connectivity index (χ2v) is 11.0. The number of hydrogen-bond acceptors (Lipinski definition) is 5. The van der Waals surface area contributed by atoms with Crippen LogP contribution < -0.4 is 4.74 Å². The maximum absolute atomic E-state index is 12.7. The molecule has 1 aliphatic heterocycles. The Hall–Kier alpha value is -4.33. The molecular weight excluding hydrogens is 518 g/mol. The first kappa shape index (κ1) is 26.9. The molecule has 1 aromatic heterocycles. The molecule has 6 rings (SSSR count). The molecule has 212 valence electrons. The van der Waals surface area contributed by atoms with Gasteiger partial charge < -0.3 is 24.0 Å². The Morgan fingerprint density at radius 2 is 1.68 bits per heavy atom. The summed E-state index contributed by atoms with van der Waals surface area (Å²) < 4.78 is 14.0. The van der Waals surface area contributed by atoms with Gasteiger partial charge in [-0.1, -0.05) is 49.6 Å². The summed E-state index contributed by atoms with van der Waals surface area (Å²) in [6.07, 6.45) is 7.29. The van der Waals surface area contributed by atoms with Crippen LogP contribution >= 0.6 is 0 Å². The van der Waals surface area contributed by atoms with Crippen molar-refractivity contribution in [3.8, 4) is 17.1 Å². The number of carbonyl (C=O) groups is 2. The van der Waals surface area contributed by atoms with Gasteiger partial charge in [0.15, 0.2) is 0 Å². The van der Waals surface area contributed by atoms with E-state index >= 15 is 0 Å². The van der Waals surface area contributed by atoms with E-state index in [1.54, 1.807) is 17.0 Å². The number of imidazole rings is 1. The van der Waals surface area contributed by atoms with E-state index in [4.69, 9.17) is 14.5 Å². The summed E-state index contributed by atoms with van der Waals surface area (Å²) in [6, 6.07) is 23.1. The van der Waals surface area contributed by atoms with Crippen molar-refractivity contribution in [1.29, 1.82) is 0 Å². The quantitative estimate of drug-likeness (QED) is 0.250. The topological polar surface area (TPSA) is 93.9 Å². The number of ether oxygens (including phenoxy) is 2. The van der Waals surface area contributed by atoms with Crippen LogP contribution in [0.3, 0.4) is 0 Å². The molecule has 1 aliphatic carbocycles. The average molecular weight is 554 g/mol. The van der Waals surface area contributed by atoms with Gasteiger partial charge in [0.05, 0.1) is 22.6 Å². The van der Waals surface area contributed by atoms with Gasteiger partial charge in [0.1, 0.15) is 24.8 Å². The number of benzene rings is 3. The standard InChI is InChI=1S/C33H35N3O5/c37-32(38)25-15-18-30-29(20-25)34-31(36(30)26-10-5-2-6-11-26)24-13-16-28(17-14-24)40-22-27-12-7-19-35(27)33(39)41-21-23-8-3-1-4-9-23/h1,3-4,8-9,13-18,20,26-27H,2,5-7,10-12,19,21-22H2,(H,37,38)/t27-/m0/s1. The zero-order valence-corrected chi connectivity index (χ0v) is 23.1. The fraction of sp³-hybridized carbons (Fsp3) is 0.364. The molecule has 1 saturated carbocycles. The molecule has 1 atom stereocenters. The number of carboxylic acid groups (broad SMARTS) is 1. The van der Waals surface area contributed by atoms with Crippen molar-refractivity contribution in [1.82, 2.24) is 14.5 Å². The predicted molar refractivity (Wildman–Crippen MR) is 156 cm³/mol. The summed E-state index contributed by atoms with van der Waals surface area (Å²) in [7, 11) is 0. The molecule has 2 heterocycles. The lowest BCUT2D eigenvalue weighted by Crippen LogP contribution is -2.39. The molecule has 1 saturated heterocycles. The van der Waals surface area contributed by atoms with Crippen LogP contribution in [0.15, 0.2) is 72.8 Å². The number of rotatable bonds is 8. The molecular formula is C33H35N3O5. The van der Waals surface area contributed by atoms with Gasteiger partial charge in [-0.2, -0.15) is 0 Å². The summed E-state index contributed by atoms with van der Waals surface area (Å²) in [5.41, 5.74) is 3.84. The van der Waals surface area contributed by atoms with E-state index in [1.165, 1.54) is 19.3 Å². The molecule has 1 amide bonds. The summed E-state index contributed by atoms with van der Waals surface area (Å²) in [5, 5.41) is 9.49. The van der Waals surface area contributed by atoms with Crippen LogP contribution in [0.4, 0.5) is 4.79 Å². The molecule has 41 heavy (non-hydrogen) atoms. The van der Waals surface area contributed by atoms with Gasteiger partial charge >= 0.3 is 12.1 Å². The number of fused-ring (bicyclic) bond motifs is 1. The normalized spacial score (nSPS) is 17.6. The smallest absolute Gasteiger partial charge is 0.410 e. The summed E-state index contributed by atoms with van der Waals surface area (Å²) >= 11 is 0. The average Bonchev–Trinajstić information content (AvgIpc) is 3.64. The van der Waals surface area contributed by atoms with Crippen molar-refractivity contribution in [2.24, 2.45) is 0 Å². The largest absolute Gasteiger partial charge is 0.491 e. The van der Waals surface area contributed by atoms with Crippen molar-refractivity contribution in [3.63, 3.8) is 0 Å². The van der Waals surface area contributed by atoms with Crippen LogP contribution in [0.25, 0.3) is 22.4 Å². The third-order valence-electron chi connectivity index (χ3n) is 8.25. The third kappa shape index (κ3) is 5.92. The van der Waals surface area contributed by atoms with Gasteiger partial charge in [-0.3, -0.25) is 0 Å². The molecule has 0 spiro atoms. The molecule has 0 unspecified atom stereocenters. The highest BCUT2D eigenvalue weighted by Crippen LogP contribution is 2.36. The maximum Gasteiger partial charge on any atom is 0.410 e. The molecule has 8 heteroatoms. The van der Waals surface area contributed by atoms with Gasteiger partial charge in [0.2, 0.25) is 0 Å². The highest BCUT2D eigenvalue weighted by molar-refractivity contribution is 5.93. The molecule has 2 aliphatic rings. The van der Waals surface area contributed by atoms with Gasteiger partial charge in [-0.05, 0) is 73.7 Å². The van der Waals surface area contributed by atoms with E-state index in [0.717, 1.165) is 53.9 Å². The number of carboxylic acids is 1. The first-order valence-corrected chi connectivity index (χ1v) is 14.5. The Balaban J connectivity index is 1.15. The lowest BCUT2D eigenvalue weighted by molar-refractivity contribution is 0.0696. The number of carbonyl (C=O) groups excluding carboxylic acids is 1. The number of aromatic carboxylic acids is 1. The minimum atomic E-state index is -0.951. The molecule has 2 fully saturated rings. The van der Waals surface area contributed by atoms with Crippen molar-refractivity contribution in [2.45, 2.75) is 63.6 Å². The van der Waals surface area contributed by atoms with Crippen molar-refractivity contribution in [2.75, 3.05) is 13.2 Å². The van der Waals surface area contributed by atoms with Crippen molar-refractivity contribution >= 4 is 23.1 Å². The minimum Gasteiger partial charge on any atom is -0.491 e. The lowest BCUT2D eigenvalue weighted by atomic mass is 9.95. The molecule has 8 nitrogen and oxygen atoms in total. The van der Waals surface area contributed by atoms with Crippen LogP contribution in [-0.4, -0.2) is 50.8 Å². The molecule has 3 aromatic carbocycles. The van der Waals surface area contributed by atoms with E-state index in [2.05, 4.69) is 4.57 Å². The number of nitrogens with zero attached hydrogens (tertiary/aromatic N) is 3. The van der Waals surface area contributed by atoms with Crippen LogP contribution in [-0.2, 0) is 11.3 Å². The Labute approximate surface area is 239 Å². The minimum absolute atomic E-state index is 0.0307. The number of likely N-dealkylation sites (tertiary alicyclic amines) is 1. The van der Waals surface area contributed by atoms with Crippen LogP contribution in [0.1, 0.15) is 66.9 Å². The Morgan fingerprint density at radius 3 is 2.44 bits per heavy atom. The van der Waals surface area contributed by atoms with E-state index in [-0.39, 0.29) is 24.3 Å². The van der Waals surface area contributed by atoms with E-state index in [0.29, 0.717) is 24.7 Å². The summed E-state index contributed by atoms with van der Waals surface area (Å²) in [6.45, 7) is 1.33. The predicted octanol–water partition coefficient (Wildman–Crippen LogP) is 7.09. The van der Waals surface area contributed by atoms with Crippen LogP contribution in [0, 0.1) is 0 Å². The van der Waals surface area contributed by atoms with Gasteiger partial charge in [-0.25, -0.2) is 14.6 Å². The Kier molecular flexibility index (Phi) is 7.89. The molecule has 0 bridgehead atoms. The van der Waals surface area contributed by atoms with Crippen molar-refractivity contribution in [3.05, 3.63) is 83.9 Å². The first-order valence-electron chi connectivity index (χ1n) is 14.5. The SMILES string of the molecule is O=C(O)c1ccc2c(c1)nc(-c1ccc(OC[C@@H]3CCCN3C(=O)OCc3ccccc3)cc1)n2C1CCCCC1. The van der Waals surface area contributed by atoms with Gasteiger partial charge in [-0.15, -0.1) is 0 Å². The van der Waals surface area contributed by atoms with Crippen LogP contribution in [0.2, 0.25) is 0 Å². The van der Waals surface area contributed by atoms with E-state index in [1.807, 2.05) is 60.7 Å². The molecule has 1 N–H and O–H groups in total. The second kappa shape index (κ2) is 12.0. The van der Waals surface area contributed by atoms with Gasteiger partial charge in [0.25, 0.3) is 0 Å². The van der Waals surface area contributed by atoms with Crippen molar-refractivity contribution < 1.29 is 24.2 Å². The number of hydrogen-bond donors (Lipinski definition) is 1. The lowest BCUT2D eigenvalue weighted by Gasteiger charge is -2.26. The van der Waals surface area contributed by atoms with E-state index < -0.39 is 5.97 Å². The first-order chi connectivity index (χ1) is 20.1. The third-order valence-corrected chi connectivity index (χ3v) is 8.25. The summed E-state index contributed by atoms with van der Waals surface area (Å²) in [5.74, 6) is 0.628. The molecule has 0 radical (unpaired) electrons. The highest BCUT2D eigenvalue weighted by atomic mass is 16.6. The fourth-order valence-corrected chi connectivity index (χ4v) is 6.09. The summed E-state index contributed by atoms with van der Waals surface area (Å²) in [4.78, 5) is 31.0. The maximum atomic E-state index is 12.7. The highest BCUT2D eigenvalue weighted by Gasteiger charge is 2.30. The monoisotopic (exact) mass is 553 g/mol. The Bertz CT molecular complexity index is 1510. The number of amides is 1.